The Kier molecular flexibility index (Phi) is 8.60. The minimum atomic E-state index is -1.33. The summed E-state index contributed by atoms with van der Waals surface area (Å²) in [5.74, 6) is -1.10. The first-order valence-electron chi connectivity index (χ1n) is 7.78. The molecule has 8 nitrogen and oxygen atoms in total. The van der Waals surface area contributed by atoms with Crippen molar-refractivity contribution in [3.05, 3.63) is 71.3 Å². The van der Waals surface area contributed by atoms with Crippen LogP contribution in [0.3, 0.4) is 0 Å². The van der Waals surface area contributed by atoms with Gasteiger partial charge in [-0.15, -0.1) is 0 Å². The van der Waals surface area contributed by atoms with E-state index in [1.807, 2.05) is 36.4 Å². The summed E-state index contributed by atoms with van der Waals surface area (Å²) in [5, 5.41) is 18.8. The first-order chi connectivity index (χ1) is 12.8. The summed E-state index contributed by atoms with van der Waals surface area (Å²) in [5.41, 5.74) is 5.96. The number of hydrogen-bond acceptors (Lipinski definition) is 4. The van der Waals surface area contributed by atoms with E-state index in [2.05, 4.69) is 11.1 Å². The zero-order chi connectivity index (χ0) is 20.2. The van der Waals surface area contributed by atoms with Gasteiger partial charge < -0.3 is 20.7 Å². The zero-order valence-electron chi connectivity index (χ0n) is 14.6. The number of aryl methyl sites for hydroxylation is 1. The molecule has 2 amide bonds. The lowest BCUT2D eigenvalue weighted by Gasteiger charge is -2.11. The molecule has 0 aliphatic rings. The van der Waals surface area contributed by atoms with Crippen LogP contribution in [0.1, 0.15) is 21.5 Å². The minimum Gasteiger partial charge on any atom is -0.478 e. The molecule has 0 aromatic heterocycles. The third-order valence-corrected chi connectivity index (χ3v) is 3.15. The van der Waals surface area contributed by atoms with Crippen LogP contribution < -0.4 is 11.1 Å². The third kappa shape index (κ3) is 8.21. The van der Waals surface area contributed by atoms with Crippen molar-refractivity contribution in [2.75, 3.05) is 11.9 Å². The number of carboxylic acids is 1. The first-order valence-corrected chi connectivity index (χ1v) is 7.78. The Bertz CT molecular complexity index is 814. The lowest BCUT2D eigenvalue weighted by atomic mass is 10.1. The van der Waals surface area contributed by atoms with Crippen LogP contribution in [0, 0.1) is 6.92 Å². The number of hydrogen-bond donors (Lipinski definition) is 4. The van der Waals surface area contributed by atoms with E-state index in [9.17, 15) is 9.59 Å². The molecule has 0 atom stereocenters. The molecular weight excluding hydrogens is 352 g/mol. The standard InChI is InChI=1S/C18H17NO4.CH3NO2/c1-13-7-5-11-15(17(20)21)16(13)19-18(22)23-12-6-10-14-8-3-2-4-9-14;2-1(3)4/h2-11H,12H2,1H3,(H,19,22)(H,20,21);2H2,(H,3,4). The highest BCUT2D eigenvalue weighted by Crippen LogP contribution is 2.20. The van der Waals surface area contributed by atoms with Gasteiger partial charge in [0, 0.05) is 0 Å². The second kappa shape index (κ2) is 10.9. The molecule has 0 heterocycles. The first kappa shape index (κ1) is 21.2. The van der Waals surface area contributed by atoms with E-state index < -0.39 is 18.2 Å². The largest absolute Gasteiger partial charge is 0.478 e. The topological polar surface area (TPSA) is 139 Å². The molecular formula is C19H20N2O6. The van der Waals surface area contributed by atoms with Crippen LogP contribution in [0.15, 0.2) is 54.6 Å². The number of para-hydroxylation sites is 1. The van der Waals surface area contributed by atoms with Crippen molar-refractivity contribution >= 4 is 29.9 Å². The Balaban J connectivity index is 0.000000828. The summed E-state index contributed by atoms with van der Waals surface area (Å²) in [4.78, 5) is 31.7. The van der Waals surface area contributed by atoms with Gasteiger partial charge in [-0.1, -0.05) is 48.5 Å². The maximum absolute atomic E-state index is 11.8. The van der Waals surface area contributed by atoms with E-state index in [0.717, 1.165) is 5.56 Å². The number of carbonyl (C=O) groups is 3. The predicted molar refractivity (Wildman–Crippen MR) is 101 cm³/mol. The number of carbonyl (C=O) groups excluding carboxylic acids is 1. The molecule has 0 unspecified atom stereocenters. The average Bonchev–Trinajstić information content (AvgIpc) is 2.61. The highest BCUT2D eigenvalue weighted by Gasteiger charge is 2.14. The second-order valence-electron chi connectivity index (χ2n) is 5.18. The lowest BCUT2D eigenvalue weighted by molar-refractivity contribution is 0.0698. The average molecular weight is 372 g/mol. The molecule has 0 fully saturated rings. The predicted octanol–water partition coefficient (Wildman–Crippen LogP) is 3.58. The van der Waals surface area contributed by atoms with Crippen LogP contribution >= 0.6 is 0 Å². The number of amides is 2. The number of nitrogens with two attached hydrogens (primary N) is 1. The number of aromatic carboxylic acids is 1. The van der Waals surface area contributed by atoms with Crippen LogP contribution in [-0.4, -0.2) is 35.0 Å². The van der Waals surface area contributed by atoms with Crippen LogP contribution in [0.4, 0.5) is 15.3 Å². The number of anilines is 1. The fourth-order valence-electron chi connectivity index (χ4n) is 2.02. The number of ether oxygens (including phenoxy) is 1. The summed E-state index contributed by atoms with van der Waals surface area (Å²) >= 11 is 0. The van der Waals surface area contributed by atoms with Gasteiger partial charge in [0.15, 0.2) is 0 Å². The van der Waals surface area contributed by atoms with Gasteiger partial charge in [-0.05, 0) is 30.2 Å². The van der Waals surface area contributed by atoms with E-state index in [1.54, 1.807) is 25.1 Å². The van der Waals surface area contributed by atoms with E-state index >= 15 is 0 Å². The molecule has 8 heteroatoms. The zero-order valence-corrected chi connectivity index (χ0v) is 14.6. The van der Waals surface area contributed by atoms with Crippen molar-refractivity contribution < 1.29 is 29.3 Å². The number of carboxylic acid groups (broad SMARTS) is 2. The maximum atomic E-state index is 11.8. The summed E-state index contributed by atoms with van der Waals surface area (Å²) in [7, 11) is 0. The summed E-state index contributed by atoms with van der Waals surface area (Å²) in [6.45, 7) is 1.81. The van der Waals surface area contributed by atoms with Gasteiger partial charge >= 0.3 is 18.2 Å². The van der Waals surface area contributed by atoms with Crippen molar-refractivity contribution in [1.82, 2.24) is 0 Å². The molecule has 0 aliphatic heterocycles. The number of rotatable bonds is 5. The summed E-state index contributed by atoms with van der Waals surface area (Å²) in [6, 6.07) is 14.4. The lowest BCUT2D eigenvalue weighted by Crippen LogP contribution is -2.17. The molecule has 0 radical (unpaired) electrons. The monoisotopic (exact) mass is 372 g/mol. The summed E-state index contributed by atoms with van der Waals surface area (Å²) in [6.07, 6.45) is 1.52. The van der Waals surface area contributed by atoms with E-state index in [-0.39, 0.29) is 17.9 Å². The fourth-order valence-corrected chi connectivity index (χ4v) is 2.02. The molecule has 0 saturated carbocycles. The molecule has 5 N–H and O–H groups in total. The van der Waals surface area contributed by atoms with E-state index in [1.165, 1.54) is 6.07 Å². The number of primary amides is 1. The number of benzene rings is 2. The summed E-state index contributed by atoms with van der Waals surface area (Å²) < 4.78 is 5.03. The third-order valence-electron chi connectivity index (χ3n) is 3.15. The smallest absolute Gasteiger partial charge is 0.411 e. The molecule has 0 saturated heterocycles. The molecule has 2 rings (SSSR count). The van der Waals surface area contributed by atoms with E-state index in [4.69, 9.17) is 19.7 Å². The van der Waals surface area contributed by atoms with Crippen LogP contribution in [0.2, 0.25) is 0 Å². The van der Waals surface area contributed by atoms with Crippen molar-refractivity contribution in [2.24, 2.45) is 5.73 Å². The quantitative estimate of drug-likeness (QED) is 0.632. The van der Waals surface area contributed by atoms with Gasteiger partial charge in [0.1, 0.15) is 6.61 Å². The van der Waals surface area contributed by atoms with Crippen molar-refractivity contribution in [1.29, 1.82) is 0 Å². The van der Waals surface area contributed by atoms with Crippen LogP contribution in [0.5, 0.6) is 0 Å². The van der Waals surface area contributed by atoms with Gasteiger partial charge in [0.2, 0.25) is 0 Å². The Morgan fingerprint density at radius 3 is 2.30 bits per heavy atom. The van der Waals surface area contributed by atoms with Gasteiger partial charge in [0.25, 0.3) is 0 Å². The number of nitrogens with one attached hydrogen (secondary N) is 1. The van der Waals surface area contributed by atoms with Gasteiger partial charge in [-0.25, -0.2) is 14.4 Å². The molecule has 2 aromatic rings. The highest BCUT2D eigenvalue weighted by molar-refractivity contribution is 5.99. The Morgan fingerprint density at radius 1 is 1.07 bits per heavy atom. The van der Waals surface area contributed by atoms with Gasteiger partial charge in [0.05, 0.1) is 11.3 Å². The fraction of sp³-hybridized carbons (Fsp3) is 0.105. The maximum Gasteiger partial charge on any atom is 0.411 e. The van der Waals surface area contributed by atoms with Gasteiger partial charge in [-0.2, -0.15) is 0 Å². The van der Waals surface area contributed by atoms with Gasteiger partial charge in [-0.3, -0.25) is 5.32 Å². The van der Waals surface area contributed by atoms with Crippen LogP contribution in [-0.2, 0) is 4.74 Å². The second-order valence-corrected chi connectivity index (χ2v) is 5.18. The minimum absolute atomic E-state index is 0.0294. The Labute approximate surface area is 155 Å². The molecule has 0 spiro atoms. The molecule has 142 valence electrons. The van der Waals surface area contributed by atoms with Crippen LogP contribution in [0.25, 0.3) is 6.08 Å². The SMILES string of the molecule is Cc1cccc(C(=O)O)c1NC(=O)OCC=Cc1ccccc1.NC(=O)O. The van der Waals surface area contributed by atoms with Crippen molar-refractivity contribution in [3.8, 4) is 0 Å². The Hall–Kier alpha value is -3.81. The molecule has 27 heavy (non-hydrogen) atoms. The Morgan fingerprint density at radius 2 is 1.70 bits per heavy atom. The molecule has 2 aromatic carbocycles. The highest BCUT2D eigenvalue weighted by atomic mass is 16.5. The van der Waals surface area contributed by atoms with E-state index in [0.29, 0.717) is 5.56 Å². The molecule has 0 aliphatic carbocycles. The van der Waals surface area contributed by atoms with Crippen molar-refractivity contribution in [3.63, 3.8) is 0 Å². The normalized spacial score (nSPS) is 9.81. The van der Waals surface area contributed by atoms with Crippen molar-refractivity contribution in [2.45, 2.75) is 6.92 Å². The molecule has 0 bridgehead atoms.